The zero-order chi connectivity index (χ0) is 68.0. The second-order valence-corrected chi connectivity index (χ2v) is 30.1. The van der Waals surface area contributed by atoms with Crippen LogP contribution >= 0.6 is 22.7 Å². The summed E-state index contributed by atoms with van der Waals surface area (Å²) < 4.78 is 5.09. The molecule has 0 atom stereocenters. The van der Waals surface area contributed by atoms with Gasteiger partial charge in [-0.1, -0.05) is 276 Å². The molecule has 2 aromatic heterocycles. The summed E-state index contributed by atoms with van der Waals surface area (Å²) >= 11 is 3.82. The second kappa shape index (κ2) is 25.0. The van der Waals surface area contributed by atoms with Crippen molar-refractivity contribution in [2.45, 2.75) is 26.2 Å². The predicted molar refractivity (Wildman–Crippen MR) is 440 cm³/mol. The number of para-hydroxylation sites is 1. The van der Waals surface area contributed by atoms with Crippen LogP contribution in [0.2, 0.25) is 0 Å². The number of anilines is 9. The molecule has 482 valence electrons. The molecule has 2 aliphatic heterocycles. The molecule has 2 aliphatic rings. The van der Waals surface area contributed by atoms with Crippen molar-refractivity contribution >= 4 is 127 Å². The molecule has 0 saturated heterocycles. The summed E-state index contributed by atoms with van der Waals surface area (Å²) in [6.45, 7) is 6.76. The maximum atomic E-state index is 2.68. The molecule has 0 saturated carbocycles. The summed E-state index contributed by atoms with van der Waals surface area (Å²) in [5, 5.41) is 3.75. The van der Waals surface area contributed by atoms with Gasteiger partial charge in [-0.2, -0.15) is 0 Å². The molecule has 6 heteroatoms. The fourth-order valence-corrected chi connectivity index (χ4v) is 18.4. The average Bonchev–Trinajstić information content (AvgIpc) is 1.53. The third-order valence-corrected chi connectivity index (χ3v) is 23.1. The molecule has 0 radical (unpaired) electrons. The van der Waals surface area contributed by atoms with Crippen LogP contribution in [-0.4, -0.2) is 6.71 Å². The van der Waals surface area contributed by atoms with Crippen LogP contribution < -0.4 is 30.4 Å². The van der Waals surface area contributed by atoms with Crippen molar-refractivity contribution in [2.24, 2.45) is 0 Å². The highest BCUT2D eigenvalue weighted by Gasteiger charge is 2.46. The van der Waals surface area contributed by atoms with Gasteiger partial charge in [-0.15, -0.1) is 22.7 Å². The molecule has 0 N–H and O–H groups in total. The molecule has 17 aromatic rings. The van der Waals surface area contributed by atoms with Gasteiger partial charge < -0.3 is 14.7 Å². The second-order valence-electron chi connectivity index (χ2n) is 27.9. The molecule has 4 heterocycles. The Morgan fingerprint density at radius 1 is 0.294 bits per heavy atom. The van der Waals surface area contributed by atoms with E-state index in [1.807, 2.05) is 22.7 Å². The van der Waals surface area contributed by atoms with Gasteiger partial charge in [-0.25, -0.2) is 0 Å². The van der Waals surface area contributed by atoms with Crippen LogP contribution in [0.4, 0.5) is 51.2 Å². The molecule has 15 aromatic carbocycles. The average molecular weight is 1340 g/mol. The summed E-state index contributed by atoms with van der Waals surface area (Å²) in [5.74, 6) is 0. The lowest BCUT2D eigenvalue weighted by Gasteiger charge is -2.44. The maximum absolute atomic E-state index is 2.68. The first-order valence-corrected chi connectivity index (χ1v) is 36.9. The van der Waals surface area contributed by atoms with E-state index in [0.29, 0.717) is 0 Å². The molecule has 0 unspecified atom stereocenters. The van der Waals surface area contributed by atoms with Crippen molar-refractivity contribution < 1.29 is 0 Å². The highest BCUT2D eigenvalue weighted by atomic mass is 32.1. The van der Waals surface area contributed by atoms with Gasteiger partial charge in [-0.05, 0) is 197 Å². The highest BCUT2D eigenvalue weighted by Crippen LogP contribution is 2.54. The summed E-state index contributed by atoms with van der Waals surface area (Å²) in [7, 11) is 0. The van der Waals surface area contributed by atoms with Crippen molar-refractivity contribution in [1.29, 1.82) is 0 Å². The van der Waals surface area contributed by atoms with Gasteiger partial charge in [0.05, 0.1) is 11.4 Å². The maximum Gasteiger partial charge on any atom is 0.264 e. The molecule has 3 nitrogen and oxygen atoms in total. The molecular weight excluding hydrogens is 1270 g/mol. The van der Waals surface area contributed by atoms with Crippen molar-refractivity contribution in [1.82, 2.24) is 0 Å². The molecule has 0 amide bonds. The van der Waals surface area contributed by atoms with Gasteiger partial charge in [0.25, 0.3) is 6.71 Å². The lowest BCUT2D eigenvalue weighted by atomic mass is 9.36. The van der Waals surface area contributed by atoms with Gasteiger partial charge in [0.1, 0.15) is 0 Å². The molecule has 0 fully saturated rings. The van der Waals surface area contributed by atoms with E-state index >= 15 is 0 Å². The smallest absolute Gasteiger partial charge is 0.264 e. The van der Waals surface area contributed by atoms with E-state index in [4.69, 9.17) is 0 Å². The molecule has 19 rings (SSSR count). The Balaban J connectivity index is 0.947. The van der Waals surface area contributed by atoms with E-state index in [1.165, 1.54) is 90.6 Å². The van der Waals surface area contributed by atoms with Gasteiger partial charge in [0.2, 0.25) is 0 Å². The Bertz CT molecular complexity index is 5990. The molecule has 102 heavy (non-hydrogen) atoms. The first-order chi connectivity index (χ1) is 50.2. The standard InChI is InChI=1S/C96H68BN3S2/c1-96(2,3)73-47-49-75(50-48-73)99-87-60-72(66-33-16-7-17-34-66)61-88-93(87)97(95-94(99)83-58-68(46-54-90(83)102-95)63-27-10-4-11-28-63)84-52-51-76(98(74-37-20-9-21-38-74)77-56-70(64-29-12-5-13-30-64)55-71(57-77)65-31-14-6-15-32-65)62-86(84)100(88)85-53-45-69(79-40-23-22-39-78(79)67-35-18-8-19-36-67)59-82(85)80-42-26-44-91-92(80)81-41-24-25-43-89(81)101-91/h4-62H,1-3H3. The minimum absolute atomic E-state index is 0.0483. The van der Waals surface area contributed by atoms with E-state index in [1.54, 1.807) is 0 Å². The SMILES string of the molecule is CC(C)(C)c1ccc(N2c3cc(-c4ccccc4)cc4c3B(c3ccc(N(c5ccccc5)c5cc(-c6ccccc6)cc(-c6ccccc6)c5)cc3N4c3ccc(-c4ccccc4-c4ccccc4)cc3-c3cccc4sc5ccccc5c34)c3sc4ccc(-c5ccccc5)cc4c32)cc1. The fourth-order valence-electron chi connectivity index (χ4n) is 15.9. The number of fused-ring (bicyclic) bond motifs is 9. The quantitative estimate of drug-likeness (QED) is 0.113. The third kappa shape index (κ3) is 10.6. The first-order valence-electron chi connectivity index (χ1n) is 35.2. The topological polar surface area (TPSA) is 9.72 Å². The third-order valence-electron chi connectivity index (χ3n) is 20.8. The fraction of sp³-hybridized carbons (Fsp3) is 0.0417. The summed E-state index contributed by atoms with van der Waals surface area (Å²) in [5.41, 5.74) is 30.0. The van der Waals surface area contributed by atoms with Gasteiger partial charge in [-0.3, -0.25) is 0 Å². The Hall–Kier alpha value is -12.1. The molecule has 0 spiro atoms. The summed E-state index contributed by atoms with van der Waals surface area (Å²) in [4.78, 5) is 7.81. The lowest BCUT2D eigenvalue weighted by molar-refractivity contribution is 0.590. The van der Waals surface area contributed by atoms with Crippen LogP contribution in [0.1, 0.15) is 26.3 Å². The number of thiophene rings is 2. The summed E-state index contributed by atoms with van der Waals surface area (Å²) in [6.07, 6.45) is 0. The van der Waals surface area contributed by atoms with Crippen LogP contribution in [0, 0.1) is 0 Å². The van der Waals surface area contributed by atoms with Gasteiger partial charge in [0, 0.05) is 80.4 Å². The number of rotatable bonds is 12. The first kappa shape index (κ1) is 61.1. The molecule has 0 bridgehead atoms. The number of nitrogens with zero attached hydrogens (tertiary/aromatic N) is 3. The van der Waals surface area contributed by atoms with E-state index in [9.17, 15) is 0 Å². The zero-order valence-corrected chi connectivity index (χ0v) is 58.4. The van der Waals surface area contributed by atoms with Crippen molar-refractivity contribution in [3.8, 4) is 77.9 Å². The highest BCUT2D eigenvalue weighted by molar-refractivity contribution is 7.33. The monoisotopic (exact) mass is 1340 g/mol. The Labute approximate surface area is 604 Å². The molecular formula is C96H68BN3S2. The Morgan fingerprint density at radius 3 is 1.45 bits per heavy atom. The summed E-state index contributed by atoms with van der Waals surface area (Å²) in [6, 6.07) is 134. The number of hydrogen-bond acceptors (Lipinski definition) is 5. The lowest BCUT2D eigenvalue weighted by Crippen LogP contribution is -2.60. The number of benzene rings is 15. The van der Waals surface area contributed by atoms with Crippen LogP contribution in [0.5, 0.6) is 0 Å². The normalized spacial score (nSPS) is 12.4. The Morgan fingerprint density at radius 2 is 0.814 bits per heavy atom. The predicted octanol–water partition coefficient (Wildman–Crippen LogP) is 25.8. The van der Waals surface area contributed by atoms with E-state index in [-0.39, 0.29) is 12.1 Å². The van der Waals surface area contributed by atoms with Crippen molar-refractivity contribution in [2.75, 3.05) is 14.7 Å². The van der Waals surface area contributed by atoms with Crippen LogP contribution in [-0.2, 0) is 5.41 Å². The van der Waals surface area contributed by atoms with Crippen LogP contribution in [0.3, 0.4) is 0 Å². The molecule has 0 aliphatic carbocycles. The minimum Gasteiger partial charge on any atom is -0.311 e. The van der Waals surface area contributed by atoms with Crippen LogP contribution in [0.25, 0.3) is 108 Å². The minimum atomic E-state index is -0.182. The van der Waals surface area contributed by atoms with Crippen molar-refractivity contribution in [3.63, 3.8) is 0 Å². The van der Waals surface area contributed by atoms with E-state index in [0.717, 1.165) is 90.0 Å². The Kier molecular flexibility index (Phi) is 15.0. The van der Waals surface area contributed by atoms with Gasteiger partial charge >= 0.3 is 0 Å². The largest absolute Gasteiger partial charge is 0.311 e. The zero-order valence-electron chi connectivity index (χ0n) is 56.8. The van der Waals surface area contributed by atoms with E-state index < -0.39 is 0 Å². The van der Waals surface area contributed by atoms with Crippen LogP contribution in [0.15, 0.2) is 358 Å². The van der Waals surface area contributed by atoms with Gasteiger partial charge in [0.15, 0.2) is 0 Å². The van der Waals surface area contributed by atoms with Crippen molar-refractivity contribution in [3.05, 3.63) is 363 Å². The number of hydrogen-bond donors (Lipinski definition) is 0. The van der Waals surface area contributed by atoms with E-state index in [2.05, 4.69) is 393 Å².